The Hall–Kier alpha value is -0.830. The molecule has 0 aromatic carbocycles. The Morgan fingerprint density at radius 2 is 2.43 bits per heavy atom. The van der Waals surface area contributed by atoms with Crippen molar-refractivity contribution in [3.8, 4) is 0 Å². The Kier molecular flexibility index (Phi) is 2.87. The molecule has 1 aromatic rings. The minimum atomic E-state index is 0.102. The molecule has 1 aliphatic rings. The van der Waals surface area contributed by atoms with E-state index < -0.39 is 0 Å². The van der Waals surface area contributed by atoms with Crippen molar-refractivity contribution in [3.63, 3.8) is 0 Å². The van der Waals surface area contributed by atoms with Crippen LogP contribution >= 0.6 is 0 Å². The minimum absolute atomic E-state index is 0.102. The number of hydrogen-bond donors (Lipinski definition) is 1. The van der Waals surface area contributed by atoms with Crippen LogP contribution in [0.5, 0.6) is 0 Å². The van der Waals surface area contributed by atoms with Crippen molar-refractivity contribution in [2.45, 2.75) is 45.3 Å². The lowest BCUT2D eigenvalue weighted by Gasteiger charge is -2.28. The van der Waals surface area contributed by atoms with Crippen molar-refractivity contribution in [1.29, 1.82) is 0 Å². The molecule has 0 bridgehead atoms. The monoisotopic (exact) mass is 194 g/mol. The lowest BCUT2D eigenvalue weighted by atomic mass is 9.87. The summed E-state index contributed by atoms with van der Waals surface area (Å²) in [6.45, 7) is 2.41. The maximum absolute atomic E-state index is 9.14. The molecule has 14 heavy (non-hydrogen) atoms. The molecule has 1 fully saturated rings. The average molecular weight is 194 g/mol. The van der Waals surface area contributed by atoms with E-state index in [-0.39, 0.29) is 6.61 Å². The third-order valence-electron chi connectivity index (χ3n) is 3.21. The first-order chi connectivity index (χ1) is 6.81. The first-order valence-electron chi connectivity index (χ1n) is 5.43. The van der Waals surface area contributed by atoms with Crippen LogP contribution in [0.3, 0.4) is 0 Å². The van der Waals surface area contributed by atoms with E-state index in [4.69, 9.17) is 5.11 Å². The summed E-state index contributed by atoms with van der Waals surface area (Å²) < 4.78 is 2.15. The molecule has 1 saturated carbocycles. The summed E-state index contributed by atoms with van der Waals surface area (Å²) in [7, 11) is 0. The zero-order valence-electron chi connectivity index (χ0n) is 8.69. The summed E-state index contributed by atoms with van der Waals surface area (Å²) in [5.41, 5.74) is 0.948. The van der Waals surface area contributed by atoms with Crippen LogP contribution in [0.2, 0.25) is 0 Å². The largest absolute Gasteiger partial charge is 0.390 e. The van der Waals surface area contributed by atoms with Crippen molar-refractivity contribution in [2.24, 2.45) is 5.92 Å². The number of rotatable bonds is 2. The Balaban J connectivity index is 2.13. The highest BCUT2D eigenvalue weighted by Crippen LogP contribution is 2.32. The van der Waals surface area contributed by atoms with Gasteiger partial charge in [-0.15, -0.1) is 0 Å². The quantitative estimate of drug-likeness (QED) is 0.783. The standard InChI is InChI=1S/C11H18N2O/c1-9-3-2-4-10(5-9)13-8-12-6-11(13)7-14/h6,8-10,14H,2-5,7H2,1H3. The highest BCUT2D eigenvalue weighted by atomic mass is 16.3. The average Bonchev–Trinajstić information content (AvgIpc) is 2.65. The van der Waals surface area contributed by atoms with Gasteiger partial charge in [-0.2, -0.15) is 0 Å². The number of hydrogen-bond acceptors (Lipinski definition) is 2. The van der Waals surface area contributed by atoms with Gasteiger partial charge >= 0.3 is 0 Å². The third-order valence-corrected chi connectivity index (χ3v) is 3.21. The van der Waals surface area contributed by atoms with Gasteiger partial charge in [0.25, 0.3) is 0 Å². The normalized spacial score (nSPS) is 27.9. The highest BCUT2D eigenvalue weighted by Gasteiger charge is 2.21. The molecule has 0 saturated heterocycles. The summed E-state index contributed by atoms with van der Waals surface area (Å²) in [4.78, 5) is 4.10. The highest BCUT2D eigenvalue weighted by molar-refractivity contribution is 4.99. The van der Waals surface area contributed by atoms with Gasteiger partial charge in [0.15, 0.2) is 0 Å². The summed E-state index contributed by atoms with van der Waals surface area (Å²) in [6.07, 6.45) is 8.72. The van der Waals surface area contributed by atoms with Crippen LogP contribution in [-0.2, 0) is 6.61 Å². The number of aliphatic hydroxyl groups is 1. The van der Waals surface area contributed by atoms with E-state index in [0.717, 1.165) is 11.6 Å². The molecule has 78 valence electrons. The number of aromatic nitrogens is 2. The molecule has 2 rings (SSSR count). The molecule has 1 heterocycles. The first kappa shape index (κ1) is 9.71. The van der Waals surface area contributed by atoms with Gasteiger partial charge in [0.1, 0.15) is 0 Å². The van der Waals surface area contributed by atoms with Crippen molar-refractivity contribution in [1.82, 2.24) is 9.55 Å². The summed E-state index contributed by atoms with van der Waals surface area (Å²) in [5, 5.41) is 9.14. The van der Waals surface area contributed by atoms with Gasteiger partial charge in [0, 0.05) is 6.04 Å². The van der Waals surface area contributed by atoms with E-state index in [2.05, 4.69) is 16.5 Å². The molecule has 1 N–H and O–H groups in total. The Morgan fingerprint density at radius 3 is 3.14 bits per heavy atom. The van der Waals surface area contributed by atoms with Gasteiger partial charge in [-0.3, -0.25) is 0 Å². The van der Waals surface area contributed by atoms with E-state index in [9.17, 15) is 0 Å². The van der Waals surface area contributed by atoms with Crippen LogP contribution in [0.25, 0.3) is 0 Å². The molecule has 0 spiro atoms. The molecule has 0 radical (unpaired) electrons. The van der Waals surface area contributed by atoms with Gasteiger partial charge in [-0.25, -0.2) is 4.98 Å². The van der Waals surface area contributed by atoms with E-state index in [1.54, 1.807) is 6.20 Å². The predicted molar refractivity (Wildman–Crippen MR) is 54.8 cm³/mol. The van der Waals surface area contributed by atoms with Crippen molar-refractivity contribution in [2.75, 3.05) is 0 Å². The number of aliphatic hydroxyl groups excluding tert-OH is 1. The fourth-order valence-corrected chi connectivity index (χ4v) is 2.44. The second-order valence-corrected chi connectivity index (χ2v) is 4.38. The van der Waals surface area contributed by atoms with E-state index in [1.807, 2.05) is 6.33 Å². The van der Waals surface area contributed by atoms with Gasteiger partial charge in [0.05, 0.1) is 24.8 Å². The van der Waals surface area contributed by atoms with Crippen LogP contribution in [0.15, 0.2) is 12.5 Å². The molecule has 0 aliphatic heterocycles. The van der Waals surface area contributed by atoms with Crippen LogP contribution in [-0.4, -0.2) is 14.7 Å². The molecule has 3 nitrogen and oxygen atoms in total. The Bertz CT molecular complexity index is 295. The van der Waals surface area contributed by atoms with Gasteiger partial charge in [0.2, 0.25) is 0 Å². The number of imidazole rings is 1. The summed E-state index contributed by atoms with van der Waals surface area (Å²) >= 11 is 0. The molecule has 3 heteroatoms. The minimum Gasteiger partial charge on any atom is -0.390 e. The zero-order valence-corrected chi connectivity index (χ0v) is 8.69. The van der Waals surface area contributed by atoms with Gasteiger partial charge in [-0.1, -0.05) is 19.8 Å². The Morgan fingerprint density at radius 1 is 1.57 bits per heavy atom. The van der Waals surface area contributed by atoms with Crippen molar-refractivity contribution < 1.29 is 5.11 Å². The fourth-order valence-electron chi connectivity index (χ4n) is 2.44. The second-order valence-electron chi connectivity index (χ2n) is 4.38. The SMILES string of the molecule is CC1CCCC(n2cncc2CO)C1. The lowest BCUT2D eigenvalue weighted by Crippen LogP contribution is -2.18. The van der Waals surface area contributed by atoms with Crippen molar-refractivity contribution >= 4 is 0 Å². The lowest BCUT2D eigenvalue weighted by molar-refractivity contribution is 0.241. The maximum Gasteiger partial charge on any atom is 0.0951 e. The predicted octanol–water partition coefficient (Wildman–Crippen LogP) is 2.13. The smallest absolute Gasteiger partial charge is 0.0951 e. The third kappa shape index (κ3) is 1.82. The second kappa shape index (κ2) is 4.13. The number of nitrogens with zero attached hydrogens (tertiary/aromatic N) is 2. The Labute approximate surface area is 84.8 Å². The van der Waals surface area contributed by atoms with E-state index in [0.29, 0.717) is 6.04 Å². The van der Waals surface area contributed by atoms with Crippen LogP contribution in [0.4, 0.5) is 0 Å². The topological polar surface area (TPSA) is 38.0 Å². The molecular weight excluding hydrogens is 176 g/mol. The van der Waals surface area contributed by atoms with E-state index >= 15 is 0 Å². The summed E-state index contributed by atoms with van der Waals surface area (Å²) in [6, 6.07) is 0.559. The summed E-state index contributed by atoms with van der Waals surface area (Å²) in [5.74, 6) is 0.808. The van der Waals surface area contributed by atoms with Crippen LogP contribution in [0.1, 0.15) is 44.3 Å². The molecule has 1 aromatic heterocycles. The zero-order chi connectivity index (χ0) is 9.97. The maximum atomic E-state index is 9.14. The van der Waals surface area contributed by atoms with Gasteiger partial charge < -0.3 is 9.67 Å². The van der Waals surface area contributed by atoms with Crippen LogP contribution in [0, 0.1) is 5.92 Å². The van der Waals surface area contributed by atoms with Crippen LogP contribution < -0.4 is 0 Å². The molecule has 1 aliphatic carbocycles. The van der Waals surface area contributed by atoms with Gasteiger partial charge in [-0.05, 0) is 18.8 Å². The molecule has 2 atom stereocenters. The first-order valence-corrected chi connectivity index (χ1v) is 5.43. The molecule has 0 amide bonds. The van der Waals surface area contributed by atoms with E-state index in [1.165, 1.54) is 25.7 Å². The van der Waals surface area contributed by atoms with Crippen molar-refractivity contribution in [3.05, 3.63) is 18.2 Å². The molecule has 2 unspecified atom stereocenters. The fraction of sp³-hybridized carbons (Fsp3) is 0.727. The molecular formula is C11H18N2O.